The number of carboxylic acids is 1. The number of nitriles is 1. The van der Waals surface area contributed by atoms with Crippen LogP contribution in [0.2, 0.25) is 0 Å². The fourth-order valence-electron chi connectivity index (χ4n) is 10.6. The van der Waals surface area contributed by atoms with Crippen LogP contribution in [0.4, 0.5) is 13.2 Å². The Morgan fingerprint density at radius 2 is 1.79 bits per heavy atom. The van der Waals surface area contributed by atoms with Crippen molar-refractivity contribution in [2.45, 2.75) is 82.3 Å². The Labute approximate surface area is 349 Å². The number of benzene rings is 3. The molecular formula is C46H43F3N6O6. The molecule has 0 saturated carbocycles. The summed E-state index contributed by atoms with van der Waals surface area (Å²) in [6.07, 6.45) is -1.29. The fraction of sp³-hybridized carbons (Fsp3) is 0.413. The zero-order valence-electron chi connectivity index (χ0n) is 33.7. The van der Waals surface area contributed by atoms with Gasteiger partial charge in [-0.2, -0.15) is 23.4 Å². The first-order valence-electron chi connectivity index (χ1n) is 20.7. The number of methoxy groups -OCH3 is 1. The second-order valence-electron chi connectivity index (χ2n) is 17.1. The number of ether oxygens (including phenoxy) is 2. The third-order valence-electron chi connectivity index (χ3n) is 13.5. The zero-order valence-corrected chi connectivity index (χ0v) is 33.7. The minimum atomic E-state index is -4.84. The van der Waals surface area contributed by atoms with Crippen molar-refractivity contribution >= 4 is 22.8 Å². The van der Waals surface area contributed by atoms with Crippen LogP contribution in [0.5, 0.6) is 11.8 Å². The summed E-state index contributed by atoms with van der Waals surface area (Å²) in [6.45, 7) is 4.30. The van der Waals surface area contributed by atoms with Gasteiger partial charge in [0.1, 0.15) is 23.6 Å². The van der Waals surface area contributed by atoms with Gasteiger partial charge < -0.3 is 24.3 Å². The Bertz CT molecular complexity index is 2680. The molecule has 5 aliphatic rings. The number of alkyl halides is 3. The predicted octanol–water partition coefficient (Wildman–Crippen LogP) is 7.69. The molecule has 12 nitrogen and oxygen atoms in total. The van der Waals surface area contributed by atoms with E-state index in [1.165, 1.54) is 7.11 Å². The predicted molar refractivity (Wildman–Crippen MR) is 216 cm³/mol. The molecule has 2 N–H and O–H groups in total. The fourth-order valence-corrected chi connectivity index (χ4v) is 10.6. The highest BCUT2D eigenvalue weighted by Crippen LogP contribution is 2.47. The van der Waals surface area contributed by atoms with E-state index in [1.807, 2.05) is 54.3 Å². The summed E-state index contributed by atoms with van der Waals surface area (Å²) in [5.41, 5.74) is 6.97. The molecule has 2 aromatic heterocycles. The lowest BCUT2D eigenvalue weighted by atomic mass is 9.88. The molecular weight excluding hydrogens is 790 g/mol. The molecule has 1 spiro atoms. The van der Waals surface area contributed by atoms with Crippen LogP contribution in [0.25, 0.3) is 33.4 Å². The van der Waals surface area contributed by atoms with Crippen molar-refractivity contribution in [1.29, 1.82) is 5.26 Å². The molecule has 3 atom stereocenters. The molecule has 5 aromatic rings. The standard InChI is InChI=1S/C46H43F3N6O6/c1-24-27(5-3-6-28(24)38-18-26-17-33-31(34(19-50)40(26)60-38)9-11-36(33)55-16-14-25(20-55)44(57)58)29-7-4-8-32-30(29)10-12-37(32)61-43-41(46(47,48)49)51-35(42(52-43)59-2)21-54-22-45(23-54)15-13-39(56)53-45/h3-8,17-18,25,36-37H,9-16,20-23H2,1-2H3,(H,53,56)(H,57,58)/t25-,36-,37+/m1/s1. The van der Waals surface area contributed by atoms with E-state index >= 15 is 0 Å². The molecule has 15 heteroatoms. The molecule has 0 unspecified atom stereocenters. The molecule has 1 amide bonds. The van der Waals surface area contributed by atoms with Gasteiger partial charge in [0.25, 0.3) is 0 Å². The van der Waals surface area contributed by atoms with Gasteiger partial charge in [-0.05, 0) is 103 Å². The summed E-state index contributed by atoms with van der Waals surface area (Å²) in [4.78, 5) is 35.9. The van der Waals surface area contributed by atoms with Gasteiger partial charge in [-0.3, -0.25) is 19.4 Å². The maximum absolute atomic E-state index is 14.6. The molecule has 3 fully saturated rings. The number of furan rings is 1. The maximum Gasteiger partial charge on any atom is 0.438 e. The van der Waals surface area contributed by atoms with Crippen molar-refractivity contribution in [3.8, 4) is 40.3 Å². The van der Waals surface area contributed by atoms with Gasteiger partial charge in [0.2, 0.25) is 23.4 Å². The average molecular weight is 833 g/mol. The van der Waals surface area contributed by atoms with E-state index in [-0.39, 0.29) is 41.5 Å². The smallest absolute Gasteiger partial charge is 0.438 e. The molecule has 3 aliphatic heterocycles. The Balaban J connectivity index is 0.930. The number of carboxylic acid groups (broad SMARTS) is 1. The second-order valence-corrected chi connectivity index (χ2v) is 17.1. The van der Waals surface area contributed by atoms with E-state index in [9.17, 15) is 33.1 Å². The lowest BCUT2D eigenvalue weighted by Crippen LogP contribution is -2.66. The summed E-state index contributed by atoms with van der Waals surface area (Å²) < 4.78 is 62.0. The highest BCUT2D eigenvalue weighted by molar-refractivity contribution is 5.91. The van der Waals surface area contributed by atoms with Gasteiger partial charge in [-0.1, -0.05) is 36.4 Å². The summed E-state index contributed by atoms with van der Waals surface area (Å²) in [5, 5.41) is 23.8. The number of amides is 1. The van der Waals surface area contributed by atoms with Gasteiger partial charge in [-0.25, -0.2) is 4.98 Å². The van der Waals surface area contributed by atoms with Gasteiger partial charge >= 0.3 is 12.1 Å². The first-order valence-corrected chi connectivity index (χ1v) is 20.7. The van der Waals surface area contributed by atoms with Crippen molar-refractivity contribution in [2.75, 3.05) is 33.3 Å². The summed E-state index contributed by atoms with van der Waals surface area (Å²) in [7, 11) is 1.34. The van der Waals surface area contributed by atoms with Crippen LogP contribution in [0.15, 0.2) is 52.9 Å². The number of hydrogen-bond donors (Lipinski definition) is 2. The molecule has 2 aliphatic carbocycles. The molecule has 10 rings (SSSR count). The monoisotopic (exact) mass is 832 g/mol. The number of rotatable bonds is 9. The molecule has 5 heterocycles. The molecule has 0 bridgehead atoms. The van der Waals surface area contributed by atoms with Gasteiger partial charge in [0.15, 0.2) is 5.58 Å². The Morgan fingerprint density at radius 3 is 2.51 bits per heavy atom. The number of aromatic nitrogens is 2. The number of likely N-dealkylation sites (tertiary alicyclic amines) is 2. The first kappa shape index (κ1) is 39.2. The highest BCUT2D eigenvalue weighted by atomic mass is 19.4. The summed E-state index contributed by atoms with van der Waals surface area (Å²) >= 11 is 0. The average Bonchev–Trinajstić information content (AvgIpc) is 4.07. The van der Waals surface area contributed by atoms with E-state index in [0.29, 0.717) is 81.6 Å². The maximum atomic E-state index is 14.6. The zero-order chi connectivity index (χ0) is 42.4. The lowest BCUT2D eigenvalue weighted by Gasteiger charge is -2.47. The van der Waals surface area contributed by atoms with E-state index in [1.54, 1.807) is 0 Å². The van der Waals surface area contributed by atoms with Crippen LogP contribution >= 0.6 is 0 Å². The van der Waals surface area contributed by atoms with Crippen LogP contribution in [0.3, 0.4) is 0 Å². The van der Waals surface area contributed by atoms with Crippen molar-refractivity contribution in [2.24, 2.45) is 5.92 Å². The minimum absolute atomic E-state index is 0.0170. The van der Waals surface area contributed by atoms with E-state index in [4.69, 9.17) is 13.9 Å². The van der Waals surface area contributed by atoms with Gasteiger partial charge in [0, 0.05) is 49.6 Å². The van der Waals surface area contributed by atoms with Crippen LogP contribution in [0, 0.1) is 24.2 Å². The molecule has 61 heavy (non-hydrogen) atoms. The Morgan fingerprint density at radius 1 is 1.02 bits per heavy atom. The number of nitrogens with one attached hydrogen (secondary N) is 1. The Hall–Kier alpha value is -5.98. The van der Waals surface area contributed by atoms with Crippen LogP contribution in [-0.2, 0) is 35.2 Å². The minimum Gasteiger partial charge on any atom is -0.481 e. The van der Waals surface area contributed by atoms with Crippen molar-refractivity contribution in [3.05, 3.63) is 93.3 Å². The summed E-state index contributed by atoms with van der Waals surface area (Å²) in [6, 6.07) is 18.2. The number of halogens is 3. The quantitative estimate of drug-likeness (QED) is 0.150. The number of nitrogens with zero attached hydrogens (tertiary/aromatic N) is 5. The van der Waals surface area contributed by atoms with Crippen molar-refractivity contribution < 1.29 is 41.8 Å². The van der Waals surface area contributed by atoms with Crippen molar-refractivity contribution in [1.82, 2.24) is 25.1 Å². The van der Waals surface area contributed by atoms with E-state index in [0.717, 1.165) is 56.3 Å². The molecule has 314 valence electrons. The first-order chi connectivity index (χ1) is 29.3. The molecule has 0 radical (unpaired) electrons. The number of carbonyl (C=O) groups is 2. The molecule has 3 saturated heterocycles. The highest BCUT2D eigenvalue weighted by Gasteiger charge is 2.48. The van der Waals surface area contributed by atoms with E-state index < -0.39 is 29.8 Å². The normalized spacial score (nSPS) is 22.0. The van der Waals surface area contributed by atoms with Gasteiger partial charge in [0.05, 0.1) is 24.1 Å². The third-order valence-corrected chi connectivity index (χ3v) is 13.5. The van der Waals surface area contributed by atoms with Crippen LogP contribution < -0.4 is 14.8 Å². The van der Waals surface area contributed by atoms with Crippen LogP contribution in [-0.4, -0.2) is 75.6 Å². The number of fused-ring (bicyclic) bond motifs is 3. The molecule has 3 aromatic carbocycles. The summed E-state index contributed by atoms with van der Waals surface area (Å²) in [5.74, 6) is -1.25. The Kier molecular flexibility index (Phi) is 9.37. The topological polar surface area (TPSA) is 154 Å². The van der Waals surface area contributed by atoms with Gasteiger partial charge in [-0.15, -0.1) is 0 Å². The lowest BCUT2D eigenvalue weighted by molar-refractivity contribution is -0.144. The SMILES string of the molecule is COc1nc(O[C@H]2CCc3c(-c4cccc(-c5cc6cc7c(c(C#N)c6o5)CC[C@H]7N5CC[C@@H](C(=O)O)C5)c4C)cccc32)c(C(F)(F)F)nc1CN1CC2(CCC(=O)N2)C1. The van der Waals surface area contributed by atoms with Crippen molar-refractivity contribution in [3.63, 3.8) is 0 Å². The number of aliphatic carboxylic acids is 1. The number of carbonyl (C=O) groups excluding carboxylic acids is 1. The third kappa shape index (κ3) is 6.67. The van der Waals surface area contributed by atoms with E-state index in [2.05, 4.69) is 32.3 Å². The largest absolute Gasteiger partial charge is 0.481 e. The second kappa shape index (κ2) is 14.6. The van der Waals surface area contributed by atoms with Crippen LogP contribution in [0.1, 0.15) is 89.0 Å². The number of hydrogen-bond acceptors (Lipinski definition) is 10.